The molecule has 0 saturated heterocycles. The first-order valence-electron chi connectivity index (χ1n) is 4.71. The summed E-state index contributed by atoms with van der Waals surface area (Å²) in [4.78, 5) is 0. The molecule has 0 N–H and O–H groups in total. The van der Waals surface area contributed by atoms with Crippen LogP contribution in [0.2, 0.25) is 0 Å². The Morgan fingerprint density at radius 1 is 0.714 bits per heavy atom. The maximum Gasteiger partial charge on any atom is -0.0590 e. The van der Waals surface area contributed by atoms with Gasteiger partial charge in [-0.3, -0.25) is 0 Å². The average Bonchev–Trinajstić information content (AvgIpc) is 2.22. The minimum atomic E-state index is 0. The van der Waals surface area contributed by atoms with Gasteiger partial charge in [0.15, 0.2) is 0 Å². The van der Waals surface area contributed by atoms with Gasteiger partial charge in [0.2, 0.25) is 0 Å². The van der Waals surface area contributed by atoms with Crippen LogP contribution in [0.4, 0.5) is 0 Å². The van der Waals surface area contributed by atoms with E-state index in [1.54, 1.807) is 24.3 Å². The van der Waals surface area contributed by atoms with Crippen molar-refractivity contribution in [3.8, 4) is 0 Å². The smallest absolute Gasteiger partial charge is 0.0590 e. The molecule has 0 heteroatoms. The van der Waals surface area contributed by atoms with Crippen molar-refractivity contribution in [1.82, 2.24) is 0 Å². The number of hydrogen-bond donors (Lipinski definition) is 0. The van der Waals surface area contributed by atoms with Crippen molar-refractivity contribution in [3.63, 3.8) is 0 Å². The lowest BCUT2D eigenvalue weighted by Gasteiger charge is -1.48. The fraction of sp³-hybridized carbons (Fsp3) is 0.429. The summed E-state index contributed by atoms with van der Waals surface area (Å²) in [6, 6.07) is 0. The van der Waals surface area contributed by atoms with Crippen molar-refractivity contribution in [2.75, 3.05) is 0 Å². The Morgan fingerprint density at radius 3 is 0.786 bits per heavy atom. The quantitative estimate of drug-likeness (QED) is 0.492. The van der Waals surface area contributed by atoms with Crippen molar-refractivity contribution in [2.45, 2.75) is 41.5 Å². The molecule has 0 heterocycles. The maximum atomic E-state index is 3.36. The first-order chi connectivity index (χ1) is 6.24. The van der Waals surface area contributed by atoms with Crippen LogP contribution in [0.25, 0.3) is 0 Å². The molecule has 0 atom stereocenters. The molecule has 0 aliphatic rings. The Morgan fingerprint density at radius 2 is 0.786 bits per heavy atom. The van der Waals surface area contributed by atoms with E-state index in [0.717, 1.165) is 0 Å². The van der Waals surface area contributed by atoms with Gasteiger partial charge in [0.1, 0.15) is 0 Å². The second-order valence-corrected chi connectivity index (χ2v) is 1.65. The molecule has 0 aromatic rings. The summed E-state index contributed by atoms with van der Waals surface area (Å²) in [6.07, 6.45) is 7.81. The third-order valence-corrected chi connectivity index (χ3v) is 0.333. The Bertz CT molecular complexity index is 64.2. The summed E-state index contributed by atoms with van der Waals surface area (Å²) in [5.74, 6) is 0. The largest absolute Gasteiger partial charge is 0.0991 e. The van der Waals surface area contributed by atoms with Crippen LogP contribution in [-0.2, 0) is 0 Å². The highest BCUT2D eigenvalue weighted by Gasteiger charge is 1.35. The van der Waals surface area contributed by atoms with Gasteiger partial charge in [-0.2, -0.15) is 0 Å². The Kier molecular flexibility index (Phi) is 191. The predicted molar refractivity (Wildman–Crippen MR) is 74.8 cm³/mol. The lowest BCUT2D eigenvalue weighted by molar-refractivity contribution is 1.09. The molecule has 0 aliphatic heterocycles. The average molecular weight is 198 g/mol. The topological polar surface area (TPSA) is 0 Å². The van der Waals surface area contributed by atoms with Crippen molar-refractivity contribution < 1.29 is 0 Å². The van der Waals surface area contributed by atoms with Crippen LogP contribution >= 0.6 is 0 Å². The van der Waals surface area contributed by atoms with E-state index in [9.17, 15) is 0 Å². The van der Waals surface area contributed by atoms with E-state index in [0.29, 0.717) is 0 Å². The van der Waals surface area contributed by atoms with E-state index in [4.69, 9.17) is 0 Å². The van der Waals surface area contributed by atoms with Crippen LogP contribution in [0.5, 0.6) is 0 Å². The Labute approximate surface area is 92.7 Å². The highest BCUT2D eigenvalue weighted by Crippen LogP contribution is 1.56. The van der Waals surface area contributed by atoms with E-state index < -0.39 is 0 Å². The lowest BCUT2D eigenvalue weighted by Crippen LogP contribution is -1.27. The zero-order valence-electron chi connectivity index (χ0n) is 9.84. The first kappa shape index (κ1) is 29.3. The SMILES string of the molecule is C.C=CC=C.C=CC=C.CC.CCC. The third-order valence-electron chi connectivity index (χ3n) is 0.333. The van der Waals surface area contributed by atoms with Crippen LogP contribution in [0.3, 0.4) is 0 Å². The molecule has 0 aliphatic carbocycles. The molecule has 0 unspecified atom stereocenters. The number of rotatable bonds is 2. The van der Waals surface area contributed by atoms with E-state index >= 15 is 0 Å². The Hall–Kier alpha value is -1.04. The van der Waals surface area contributed by atoms with Gasteiger partial charge in [0, 0.05) is 0 Å². The van der Waals surface area contributed by atoms with Crippen LogP contribution in [0.1, 0.15) is 41.5 Å². The summed E-state index contributed by atoms with van der Waals surface area (Å²) >= 11 is 0. The zero-order chi connectivity index (χ0) is 11.5. The Balaban J connectivity index is -0.0000000260. The standard InChI is InChI=1S/2C4H6.C3H8.C2H6.CH4/c2*1-3-4-2;1-3-2;1-2;/h2*3-4H,1-2H2;3H2,1-2H3;1-2H3;1H4. The maximum absolute atomic E-state index is 3.36. The van der Waals surface area contributed by atoms with Gasteiger partial charge in [0.05, 0.1) is 0 Å². The minimum absolute atomic E-state index is 0. The molecule has 0 amide bonds. The summed E-state index contributed by atoms with van der Waals surface area (Å²) in [5.41, 5.74) is 0. The monoisotopic (exact) mass is 198 g/mol. The molecule has 0 fully saturated rings. The summed E-state index contributed by atoms with van der Waals surface area (Å²) in [5, 5.41) is 0. The third kappa shape index (κ3) is 1180. The van der Waals surface area contributed by atoms with Crippen molar-refractivity contribution in [1.29, 1.82) is 0 Å². The molecule has 0 rings (SSSR count). The number of hydrogen-bond acceptors (Lipinski definition) is 0. The van der Waals surface area contributed by atoms with E-state index in [-0.39, 0.29) is 7.43 Å². The van der Waals surface area contributed by atoms with Crippen LogP contribution in [-0.4, -0.2) is 0 Å². The summed E-state index contributed by atoms with van der Waals surface area (Å²) < 4.78 is 0. The molecule has 0 saturated carbocycles. The van der Waals surface area contributed by atoms with E-state index in [1.807, 2.05) is 13.8 Å². The fourth-order valence-corrected chi connectivity index (χ4v) is 0. The van der Waals surface area contributed by atoms with Crippen LogP contribution in [0, 0.1) is 0 Å². The molecule has 0 spiro atoms. The zero-order valence-corrected chi connectivity index (χ0v) is 9.84. The van der Waals surface area contributed by atoms with Gasteiger partial charge in [-0.1, -0.05) is 92.2 Å². The van der Waals surface area contributed by atoms with Gasteiger partial charge in [-0.15, -0.1) is 0 Å². The summed E-state index contributed by atoms with van der Waals surface area (Å²) in [6.45, 7) is 21.7. The molecular formula is C14H30. The van der Waals surface area contributed by atoms with Crippen molar-refractivity contribution in [3.05, 3.63) is 50.6 Å². The van der Waals surface area contributed by atoms with E-state index in [1.165, 1.54) is 6.42 Å². The summed E-state index contributed by atoms with van der Waals surface area (Å²) in [7, 11) is 0. The van der Waals surface area contributed by atoms with Crippen molar-refractivity contribution >= 4 is 0 Å². The van der Waals surface area contributed by atoms with Gasteiger partial charge < -0.3 is 0 Å². The van der Waals surface area contributed by atoms with Gasteiger partial charge in [0.25, 0.3) is 0 Å². The predicted octanol–water partition coefficient (Wildman–Crippen LogP) is 5.80. The molecular weight excluding hydrogens is 168 g/mol. The minimum Gasteiger partial charge on any atom is -0.0991 e. The highest BCUT2D eigenvalue weighted by atomic mass is 13.4. The van der Waals surface area contributed by atoms with Crippen LogP contribution < -0.4 is 0 Å². The fourth-order valence-electron chi connectivity index (χ4n) is 0. The van der Waals surface area contributed by atoms with Gasteiger partial charge in [-0.05, 0) is 0 Å². The lowest BCUT2D eigenvalue weighted by atomic mass is 10.6. The molecule has 0 nitrogen and oxygen atoms in total. The molecule has 14 heavy (non-hydrogen) atoms. The van der Waals surface area contributed by atoms with E-state index in [2.05, 4.69) is 40.2 Å². The normalized spacial score (nSPS) is 4.57. The molecule has 86 valence electrons. The van der Waals surface area contributed by atoms with Gasteiger partial charge >= 0.3 is 0 Å². The van der Waals surface area contributed by atoms with Crippen LogP contribution in [0.15, 0.2) is 50.6 Å². The highest BCUT2D eigenvalue weighted by molar-refractivity contribution is 4.88. The van der Waals surface area contributed by atoms with Crippen molar-refractivity contribution in [2.24, 2.45) is 0 Å². The second-order valence-electron chi connectivity index (χ2n) is 1.65. The first-order valence-corrected chi connectivity index (χ1v) is 4.71. The van der Waals surface area contributed by atoms with Gasteiger partial charge in [-0.25, -0.2) is 0 Å². The second kappa shape index (κ2) is 91.6. The molecule has 0 aromatic carbocycles. The molecule has 0 bridgehead atoms. The molecule has 0 aromatic heterocycles. The molecule has 0 radical (unpaired) electrons. The number of allylic oxidation sites excluding steroid dienone is 4.